The van der Waals surface area contributed by atoms with Crippen molar-refractivity contribution < 1.29 is 44.6 Å². The third kappa shape index (κ3) is 3.64. The molecule has 0 saturated carbocycles. The topological polar surface area (TPSA) is 46.2 Å². The van der Waals surface area contributed by atoms with Crippen LogP contribution in [0.5, 0.6) is 0 Å². The fourth-order valence-electron chi connectivity index (χ4n) is 1.64. The molecule has 0 unspecified atom stereocenters. The molecule has 2 nitrogen and oxygen atoms in total. The highest BCUT2D eigenvalue weighted by atomic mass is 19.4. The molecule has 0 saturated heterocycles. The number of halogens is 9. The zero-order valence-electron chi connectivity index (χ0n) is 10.4. The first-order valence-corrected chi connectivity index (χ1v) is 5.44. The van der Waals surface area contributed by atoms with E-state index >= 15 is 0 Å². The fraction of sp³-hybridized carbons (Fsp3) is 0.455. The van der Waals surface area contributed by atoms with E-state index in [4.69, 9.17) is 10.8 Å². The molecule has 0 radical (unpaired) electrons. The Labute approximate surface area is 117 Å². The van der Waals surface area contributed by atoms with Crippen molar-refractivity contribution in [2.75, 3.05) is 6.61 Å². The molecule has 0 aliphatic rings. The van der Waals surface area contributed by atoms with Crippen molar-refractivity contribution in [1.82, 2.24) is 0 Å². The average molecular weight is 341 g/mol. The molecule has 0 spiro atoms. The summed E-state index contributed by atoms with van der Waals surface area (Å²) >= 11 is 0. The third-order valence-corrected chi connectivity index (χ3v) is 2.74. The molecule has 0 fully saturated rings. The molecule has 11 heteroatoms. The van der Waals surface area contributed by atoms with E-state index in [9.17, 15) is 39.5 Å². The van der Waals surface area contributed by atoms with E-state index in [2.05, 4.69) is 0 Å². The summed E-state index contributed by atoms with van der Waals surface area (Å²) in [5, 5.41) is 8.38. The maximum atomic E-state index is 13.6. The van der Waals surface area contributed by atoms with Gasteiger partial charge in [-0.05, 0) is 12.1 Å². The fourth-order valence-corrected chi connectivity index (χ4v) is 1.64. The van der Waals surface area contributed by atoms with Crippen LogP contribution in [0.2, 0.25) is 0 Å². The minimum absolute atomic E-state index is 0.363. The summed E-state index contributed by atoms with van der Waals surface area (Å²) in [6.45, 7) is -2.01. The minimum atomic E-state index is -5.55. The van der Waals surface area contributed by atoms with Gasteiger partial charge in [-0.15, -0.1) is 0 Å². The minimum Gasteiger partial charge on any atom is -0.390 e. The van der Waals surface area contributed by atoms with Crippen LogP contribution in [0.25, 0.3) is 0 Å². The Bertz CT molecular complexity index is 550. The summed E-state index contributed by atoms with van der Waals surface area (Å²) in [6, 6.07) is -3.85. The van der Waals surface area contributed by atoms with Crippen molar-refractivity contribution in [3.05, 3.63) is 34.6 Å². The lowest BCUT2D eigenvalue weighted by atomic mass is 9.93. The van der Waals surface area contributed by atoms with E-state index in [1.807, 2.05) is 0 Å². The largest absolute Gasteiger partial charge is 0.416 e. The van der Waals surface area contributed by atoms with Crippen molar-refractivity contribution >= 4 is 0 Å². The zero-order chi connectivity index (χ0) is 17.5. The van der Waals surface area contributed by atoms with E-state index in [-0.39, 0.29) is 6.07 Å². The molecular formula is C11H8F9NO. The van der Waals surface area contributed by atoms with Gasteiger partial charge in [0, 0.05) is 5.56 Å². The van der Waals surface area contributed by atoms with Crippen LogP contribution >= 0.6 is 0 Å². The van der Waals surface area contributed by atoms with Crippen LogP contribution in [0.4, 0.5) is 39.5 Å². The maximum absolute atomic E-state index is 13.6. The van der Waals surface area contributed by atoms with E-state index in [0.29, 0.717) is 0 Å². The highest BCUT2D eigenvalue weighted by Gasteiger charge is 2.46. The van der Waals surface area contributed by atoms with E-state index in [1.165, 1.54) is 0 Å². The Morgan fingerprint density at radius 2 is 1.45 bits per heavy atom. The van der Waals surface area contributed by atoms with Crippen molar-refractivity contribution in [3.63, 3.8) is 0 Å². The van der Waals surface area contributed by atoms with E-state index in [0.717, 1.165) is 0 Å². The lowest BCUT2D eigenvalue weighted by Gasteiger charge is -2.26. The number of aliphatic hydroxyl groups excluding tert-OH is 1. The zero-order valence-corrected chi connectivity index (χ0v) is 10.4. The molecule has 1 atom stereocenters. The Balaban J connectivity index is 3.65. The van der Waals surface area contributed by atoms with Crippen LogP contribution in [-0.2, 0) is 12.4 Å². The highest BCUT2D eigenvalue weighted by molar-refractivity contribution is 5.39. The van der Waals surface area contributed by atoms with Gasteiger partial charge < -0.3 is 10.8 Å². The lowest BCUT2D eigenvalue weighted by molar-refractivity contribution is -0.145. The van der Waals surface area contributed by atoms with Crippen LogP contribution in [0, 0.1) is 5.82 Å². The Hall–Kier alpha value is -1.49. The van der Waals surface area contributed by atoms with Gasteiger partial charge in [0.2, 0.25) is 0 Å². The summed E-state index contributed by atoms with van der Waals surface area (Å²) in [5.74, 6) is -6.55. The van der Waals surface area contributed by atoms with Gasteiger partial charge in [0.1, 0.15) is 18.5 Å². The molecule has 0 amide bonds. The Kier molecular flexibility index (Phi) is 4.73. The van der Waals surface area contributed by atoms with Gasteiger partial charge in [-0.25, -0.2) is 13.2 Å². The predicted molar refractivity (Wildman–Crippen MR) is 55.4 cm³/mol. The molecule has 1 aromatic carbocycles. The molecule has 22 heavy (non-hydrogen) atoms. The molecule has 0 bridgehead atoms. The van der Waals surface area contributed by atoms with Crippen molar-refractivity contribution in [3.8, 4) is 0 Å². The molecule has 0 aliphatic heterocycles. The number of rotatable bonds is 3. The second-order valence-electron chi connectivity index (χ2n) is 4.31. The first-order valence-electron chi connectivity index (χ1n) is 5.44. The molecule has 0 aliphatic carbocycles. The van der Waals surface area contributed by atoms with Gasteiger partial charge in [0.05, 0.1) is 11.1 Å². The number of hydrogen-bond acceptors (Lipinski definition) is 2. The van der Waals surface area contributed by atoms with E-state index in [1.54, 1.807) is 0 Å². The molecular weight excluding hydrogens is 333 g/mol. The van der Waals surface area contributed by atoms with Gasteiger partial charge >= 0.3 is 12.4 Å². The van der Waals surface area contributed by atoms with Gasteiger partial charge in [-0.2, -0.15) is 26.3 Å². The van der Waals surface area contributed by atoms with Crippen LogP contribution in [0.3, 0.4) is 0 Å². The second kappa shape index (κ2) is 5.61. The molecule has 1 aromatic rings. The van der Waals surface area contributed by atoms with Gasteiger partial charge in [0.25, 0.3) is 5.92 Å². The molecule has 3 N–H and O–H groups in total. The van der Waals surface area contributed by atoms with Crippen molar-refractivity contribution in [1.29, 1.82) is 0 Å². The lowest BCUT2D eigenvalue weighted by Crippen LogP contribution is -2.38. The summed E-state index contributed by atoms with van der Waals surface area (Å²) in [5.41, 5.74) is -1.31. The normalized spacial score (nSPS) is 15.0. The summed E-state index contributed by atoms with van der Waals surface area (Å²) in [4.78, 5) is 0. The monoisotopic (exact) mass is 341 g/mol. The molecule has 126 valence electrons. The molecule has 1 rings (SSSR count). The number of hydrogen-bond donors (Lipinski definition) is 2. The maximum Gasteiger partial charge on any atom is 0.416 e. The second-order valence-corrected chi connectivity index (χ2v) is 4.31. The predicted octanol–water partition coefficient (Wildman–Crippen LogP) is 3.49. The third-order valence-electron chi connectivity index (χ3n) is 2.74. The quantitative estimate of drug-likeness (QED) is 0.827. The van der Waals surface area contributed by atoms with Crippen molar-refractivity contribution in [2.24, 2.45) is 5.73 Å². The Morgan fingerprint density at radius 1 is 0.955 bits per heavy atom. The smallest absolute Gasteiger partial charge is 0.390 e. The molecule has 0 aromatic heterocycles. The first kappa shape index (κ1) is 18.6. The number of alkyl halides is 8. The van der Waals surface area contributed by atoms with Gasteiger partial charge in [-0.3, -0.25) is 0 Å². The van der Waals surface area contributed by atoms with Crippen LogP contribution in [0.1, 0.15) is 22.7 Å². The van der Waals surface area contributed by atoms with Crippen LogP contribution < -0.4 is 5.73 Å². The van der Waals surface area contributed by atoms with Gasteiger partial charge in [-0.1, -0.05) is 0 Å². The van der Waals surface area contributed by atoms with Crippen molar-refractivity contribution in [2.45, 2.75) is 24.3 Å². The number of nitrogens with two attached hydrogens (primary N) is 1. The summed E-state index contributed by atoms with van der Waals surface area (Å²) in [6.07, 6.45) is -10.9. The summed E-state index contributed by atoms with van der Waals surface area (Å²) < 4.78 is 115. The Morgan fingerprint density at radius 3 is 1.82 bits per heavy atom. The van der Waals surface area contributed by atoms with Crippen LogP contribution in [0.15, 0.2) is 12.1 Å². The summed E-state index contributed by atoms with van der Waals surface area (Å²) in [7, 11) is 0. The molecule has 0 heterocycles. The van der Waals surface area contributed by atoms with Crippen LogP contribution in [-0.4, -0.2) is 17.6 Å². The highest BCUT2D eigenvalue weighted by Crippen LogP contribution is 2.42. The average Bonchev–Trinajstić information content (AvgIpc) is 2.34. The van der Waals surface area contributed by atoms with E-state index < -0.39 is 59.5 Å². The SMILES string of the molecule is N[C@@H](c1c(F)cc(C(F)(F)F)cc1C(F)(F)F)C(F)(F)CO. The first-order chi connectivity index (χ1) is 9.71. The standard InChI is InChI=1S/C11H8F9NO/c12-6-2-4(10(15,16)17)1-5(11(18,19)20)7(6)8(21)9(13,14)3-22/h1-2,8,22H,3,21H2/t8-/m0/s1. The number of aliphatic hydroxyl groups is 1. The van der Waals surface area contributed by atoms with Gasteiger partial charge in [0.15, 0.2) is 0 Å². The number of benzene rings is 1.